The van der Waals surface area contributed by atoms with E-state index in [-0.39, 0.29) is 37.1 Å². The highest BCUT2D eigenvalue weighted by Gasteiger charge is 1.94. The summed E-state index contributed by atoms with van der Waals surface area (Å²) >= 11 is 0. The molecule has 0 aromatic carbocycles. The van der Waals surface area contributed by atoms with Gasteiger partial charge in [0, 0.05) is 27.7 Å². The average molecular weight is 294 g/mol. The SMILES string of the molecule is CC(=O)OCCOC(C)=O.COC(C)=O.COC(C)=O. The fourth-order valence-corrected chi connectivity index (χ4v) is 0.371. The van der Waals surface area contributed by atoms with E-state index in [1.807, 2.05) is 0 Å². The summed E-state index contributed by atoms with van der Waals surface area (Å²) in [7, 11) is 2.70. The number of carbonyl (C=O) groups is 4. The van der Waals surface area contributed by atoms with Crippen molar-refractivity contribution in [1.82, 2.24) is 0 Å². The van der Waals surface area contributed by atoms with Crippen molar-refractivity contribution in [1.29, 1.82) is 0 Å². The average Bonchev–Trinajstić information content (AvgIpc) is 2.35. The van der Waals surface area contributed by atoms with E-state index in [1.165, 1.54) is 41.9 Å². The Morgan fingerprint density at radius 1 is 0.600 bits per heavy atom. The van der Waals surface area contributed by atoms with Crippen LogP contribution in [0, 0.1) is 0 Å². The van der Waals surface area contributed by atoms with Crippen LogP contribution >= 0.6 is 0 Å². The molecule has 20 heavy (non-hydrogen) atoms. The Morgan fingerprint density at radius 3 is 0.900 bits per heavy atom. The molecule has 0 amide bonds. The zero-order chi connectivity index (χ0) is 16.6. The Hall–Kier alpha value is -2.12. The largest absolute Gasteiger partial charge is 0.469 e. The van der Waals surface area contributed by atoms with Crippen LogP contribution < -0.4 is 0 Å². The fraction of sp³-hybridized carbons (Fsp3) is 0.667. The first-order valence-electron chi connectivity index (χ1n) is 5.53. The highest BCUT2D eigenvalue weighted by atomic mass is 16.6. The lowest BCUT2D eigenvalue weighted by molar-refractivity contribution is -0.149. The third-order valence-corrected chi connectivity index (χ3v) is 1.27. The summed E-state index contributed by atoms with van der Waals surface area (Å²) in [5.74, 6) is -1.23. The van der Waals surface area contributed by atoms with Gasteiger partial charge in [0.1, 0.15) is 13.2 Å². The van der Waals surface area contributed by atoms with Crippen LogP contribution in [0.15, 0.2) is 0 Å². The Morgan fingerprint density at radius 2 is 0.800 bits per heavy atom. The molecular formula is C12H22O8. The molecule has 0 aliphatic rings. The summed E-state index contributed by atoms with van der Waals surface area (Å²) in [6.45, 7) is 5.59. The van der Waals surface area contributed by atoms with Crippen molar-refractivity contribution in [2.45, 2.75) is 27.7 Å². The van der Waals surface area contributed by atoms with Gasteiger partial charge in [-0.3, -0.25) is 19.2 Å². The van der Waals surface area contributed by atoms with Gasteiger partial charge in [0.15, 0.2) is 0 Å². The van der Waals surface area contributed by atoms with Crippen LogP contribution in [0.25, 0.3) is 0 Å². The summed E-state index contributed by atoms with van der Waals surface area (Å²) in [4.78, 5) is 39.4. The number of hydrogen-bond donors (Lipinski definition) is 0. The molecule has 0 N–H and O–H groups in total. The van der Waals surface area contributed by atoms with E-state index in [0.717, 1.165) is 0 Å². The Labute approximate surface area is 118 Å². The Balaban J connectivity index is -0.000000244. The fourth-order valence-electron chi connectivity index (χ4n) is 0.371. The van der Waals surface area contributed by atoms with Crippen LogP contribution in [0.5, 0.6) is 0 Å². The number of rotatable bonds is 3. The molecule has 8 heteroatoms. The molecule has 0 aliphatic heterocycles. The maximum absolute atomic E-state index is 10.1. The lowest BCUT2D eigenvalue weighted by atomic mass is 10.7. The normalized spacial score (nSPS) is 7.70. The number of esters is 4. The topological polar surface area (TPSA) is 105 Å². The highest BCUT2D eigenvalue weighted by Crippen LogP contribution is 1.79. The second kappa shape index (κ2) is 16.9. The van der Waals surface area contributed by atoms with E-state index in [0.29, 0.717) is 0 Å². The molecule has 0 saturated carbocycles. The molecule has 0 aromatic rings. The number of carbonyl (C=O) groups excluding carboxylic acids is 4. The van der Waals surface area contributed by atoms with Gasteiger partial charge in [-0.15, -0.1) is 0 Å². The van der Waals surface area contributed by atoms with Crippen molar-refractivity contribution in [3.8, 4) is 0 Å². The van der Waals surface area contributed by atoms with Gasteiger partial charge in [0.25, 0.3) is 0 Å². The van der Waals surface area contributed by atoms with Crippen LogP contribution in [-0.2, 0) is 38.1 Å². The standard InChI is InChI=1S/C6H10O4.2C3H6O2/c1-5(7)9-3-4-10-6(2)8;2*1-3(4)5-2/h3-4H2,1-2H3;2*1-2H3. The first kappa shape index (κ1) is 23.0. The minimum absolute atomic E-state index is 0.134. The molecule has 8 nitrogen and oxygen atoms in total. The number of methoxy groups -OCH3 is 2. The van der Waals surface area contributed by atoms with E-state index in [4.69, 9.17) is 0 Å². The zero-order valence-corrected chi connectivity index (χ0v) is 12.7. The summed E-state index contributed by atoms with van der Waals surface area (Å²) in [5, 5.41) is 0. The third kappa shape index (κ3) is 44.6. The van der Waals surface area contributed by atoms with Gasteiger partial charge in [-0.1, -0.05) is 0 Å². The molecule has 0 rings (SSSR count). The minimum atomic E-state index is -0.368. The Bertz CT molecular complexity index is 268. The van der Waals surface area contributed by atoms with Crippen LogP contribution in [-0.4, -0.2) is 51.3 Å². The lowest BCUT2D eigenvalue weighted by Crippen LogP contribution is -2.09. The van der Waals surface area contributed by atoms with Gasteiger partial charge in [0.05, 0.1) is 14.2 Å². The van der Waals surface area contributed by atoms with Crippen molar-refractivity contribution < 1.29 is 38.1 Å². The summed E-state index contributed by atoms with van der Waals surface area (Å²) in [6, 6.07) is 0. The molecule has 0 aromatic heterocycles. The van der Waals surface area contributed by atoms with Crippen LogP contribution in [0.4, 0.5) is 0 Å². The van der Waals surface area contributed by atoms with Gasteiger partial charge >= 0.3 is 23.9 Å². The second-order valence-corrected chi connectivity index (χ2v) is 3.07. The maximum atomic E-state index is 10.1. The first-order valence-corrected chi connectivity index (χ1v) is 5.53. The summed E-state index contributed by atoms with van der Waals surface area (Å²) in [5.41, 5.74) is 0. The molecule has 0 aliphatic carbocycles. The van der Waals surface area contributed by atoms with Crippen LogP contribution in [0.3, 0.4) is 0 Å². The predicted molar refractivity (Wildman–Crippen MR) is 68.6 cm³/mol. The monoisotopic (exact) mass is 294 g/mol. The van der Waals surface area contributed by atoms with Crippen molar-refractivity contribution in [2.75, 3.05) is 27.4 Å². The smallest absolute Gasteiger partial charge is 0.302 e. The lowest BCUT2D eigenvalue weighted by Gasteiger charge is -2.00. The van der Waals surface area contributed by atoms with Gasteiger partial charge in [-0.05, 0) is 0 Å². The molecule has 0 heterocycles. The van der Waals surface area contributed by atoms with E-state index in [1.54, 1.807) is 0 Å². The molecule has 0 unspecified atom stereocenters. The molecule has 0 radical (unpaired) electrons. The quantitative estimate of drug-likeness (QED) is 0.420. The van der Waals surface area contributed by atoms with E-state index in [9.17, 15) is 19.2 Å². The van der Waals surface area contributed by atoms with Gasteiger partial charge < -0.3 is 18.9 Å². The van der Waals surface area contributed by atoms with Crippen LogP contribution in [0.2, 0.25) is 0 Å². The minimum Gasteiger partial charge on any atom is -0.469 e. The Kier molecular flexibility index (Phi) is 19.4. The summed E-state index contributed by atoms with van der Waals surface area (Å²) < 4.78 is 17.2. The van der Waals surface area contributed by atoms with Crippen molar-refractivity contribution in [3.63, 3.8) is 0 Å². The van der Waals surface area contributed by atoms with Crippen molar-refractivity contribution in [2.24, 2.45) is 0 Å². The maximum Gasteiger partial charge on any atom is 0.302 e. The molecule has 0 spiro atoms. The summed E-state index contributed by atoms with van der Waals surface area (Å²) in [6.07, 6.45) is 0. The van der Waals surface area contributed by atoms with Gasteiger partial charge in [-0.25, -0.2) is 0 Å². The molecule has 0 saturated heterocycles. The molecular weight excluding hydrogens is 272 g/mol. The zero-order valence-electron chi connectivity index (χ0n) is 12.7. The highest BCUT2D eigenvalue weighted by molar-refractivity contribution is 5.66. The second-order valence-electron chi connectivity index (χ2n) is 3.07. The molecule has 0 fully saturated rings. The van der Waals surface area contributed by atoms with Gasteiger partial charge in [0.2, 0.25) is 0 Å². The molecule has 0 bridgehead atoms. The van der Waals surface area contributed by atoms with Crippen LogP contribution in [0.1, 0.15) is 27.7 Å². The van der Waals surface area contributed by atoms with E-state index in [2.05, 4.69) is 18.9 Å². The van der Waals surface area contributed by atoms with E-state index >= 15 is 0 Å². The third-order valence-electron chi connectivity index (χ3n) is 1.27. The number of ether oxygens (including phenoxy) is 4. The molecule has 0 atom stereocenters. The van der Waals surface area contributed by atoms with Gasteiger partial charge in [-0.2, -0.15) is 0 Å². The molecule has 118 valence electrons. The van der Waals surface area contributed by atoms with Crippen molar-refractivity contribution in [3.05, 3.63) is 0 Å². The predicted octanol–water partition coefficient (Wildman–Crippen LogP) is 0.471. The number of hydrogen-bond acceptors (Lipinski definition) is 8. The van der Waals surface area contributed by atoms with E-state index < -0.39 is 0 Å². The first-order chi connectivity index (χ1) is 9.17. The van der Waals surface area contributed by atoms with Crippen molar-refractivity contribution >= 4 is 23.9 Å².